The first-order valence-electron chi connectivity index (χ1n) is 7.13. The molecule has 1 aromatic carbocycles. The van der Waals surface area contributed by atoms with Crippen LogP contribution in [0.2, 0.25) is 0 Å². The molecule has 0 spiro atoms. The third kappa shape index (κ3) is 3.45. The highest BCUT2D eigenvalue weighted by Gasteiger charge is 2.21. The van der Waals surface area contributed by atoms with Gasteiger partial charge in [0.2, 0.25) is 0 Å². The summed E-state index contributed by atoms with van der Waals surface area (Å²) in [4.78, 5) is 2.42. The van der Waals surface area contributed by atoms with Crippen molar-refractivity contribution in [3.63, 3.8) is 0 Å². The van der Waals surface area contributed by atoms with Crippen LogP contribution in [0.25, 0.3) is 0 Å². The number of nitrogens with one attached hydrogen (secondary N) is 1. The molecule has 0 aliphatic carbocycles. The van der Waals surface area contributed by atoms with Crippen molar-refractivity contribution < 1.29 is 9.13 Å². The fraction of sp³-hybridized carbons (Fsp3) is 0.600. The molecule has 1 aliphatic heterocycles. The molecule has 1 atom stereocenters. The molecule has 0 amide bonds. The van der Waals surface area contributed by atoms with Crippen molar-refractivity contribution in [1.82, 2.24) is 10.2 Å². The molecule has 3 nitrogen and oxygen atoms in total. The highest BCUT2D eigenvalue weighted by Crippen LogP contribution is 2.28. The molecule has 4 heteroatoms. The van der Waals surface area contributed by atoms with Gasteiger partial charge in [-0.1, -0.05) is 13.0 Å². The van der Waals surface area contributed by atoms with E-state index in [1.807, 2.05) is 13.0 Å². The van der Waals surface area contributed by atoms with E-state index in [1.54, 1.807) is 12.1 Å². The van der Waals surface area contributed by atoms with E-state index in [9.17, 15) is 4.39 Å². The molecular formula is C15H23FN2O. The van der Waals surface area contributed by atoms with Gasteiger partial charge in [0.1, 0.15) is 0 Å². The molecule has 19 heavy (non-hydrogen) atoms. The first kappa shape index (κ1) is 14.3. The van der Waals surface area contributed by atoms with Crippen LogP contribution in [-0.4, -0.2) is 37.7 Å². The van der Waals surface area contributed by atoms with Crippen LogP contribution >= 0.6 is 0 Å². The summed E-state index contributed by atoms with van der Waals surface area (Å²) in [5.41, 5.74) is 1.05. The maximum atomic E-state index is 13.9. The predicted molar refractivity (Wildman–Crippen MR) is 75.0 cm³/mol. The second-order valence-electron chi connectivity index (χ2n) is 4.83. The van der Waals surface area contributed by atoms with E-state index in [0.717, 1.165) is 38.2 Å². The molecule has 0 saturated carbocycles. The molecular weight excluding hydrogens is 243 g/mol. The molecule has 1 N–H and O–H groups in total. The van der Waals surface area contributed by atoms with E-state index >= 15 is 0 Å². The molecule has 1 fully saturated rings. The SMILES string of the molecule is CCOc1ccc(C(CC)N2CCNCC2)cc1F. The van der Waals surface area contributed by atoms with Gasteiger partial charge in [-0.05, 0) is 31.0 Å². The molecule has 0 bridgehead atoms. The average Bonchev–Trinajstić information content (AvgIpc) is 2.44. The maximum Gasteiger partial charge on any atom is 0.165 e. The minimum absolute atomic E-state index is 0.257. The van der Waals surface area contributed by atoms with Crippen molar-refractivity contribution in [2.45, 2.75) is 26.3 Å². The first-order valence-corrected chi connectivity index (χ1v) is 7.13. The van der Waals surface area contributed by atoms with Crippen LogP contribution in [0.3, 0.4) is 0 Å². The fourth-order valence-electron chi connectivity index (χ4n) is 2.70. The molecule has 1 aliphatic rings. The third-order valence-corrected chi connectivity index (χ3v) is 3.62. The van der Waals surface area contributed by atoms with Gasteiger partial charge in [-0.15, -0.1) is 0 Å². The van der Waals surface area contributed by atoms with Gasteiger partial charge in [-0.3, -0.25) is 4.90 Å². The number of rotatable bonds is 5. The summed E-state index contributed by atoms with van der Waals surface area (Å²) >= 11 is 0. The van der Waals surface area contributed by atoms with Gasteiger partial charge in [-0.25, -0.2) is 4.39 Å². The topological polar surface area (TPSA) is 24.5 Å². The van der Waals surface area contributed by atoms with Gasteiger partial charge in [-0.2, -0.15) is 0 Å². The summed E-state index contributed by atoms with van der Waals surface area (Å²) in [7, 11) is 0. The van der Waals surface area contributed by atoms with Crippen LogP contribution in [0.1, 0.15) is 31.9 Å². The van der Waals surface area contributed by atoms with Gasteiger partial charge < -0.3 is 10.1 Å². The quantitative estimate of drug-likeness (QED) is 0.886. The van der Waals surface area contributed by atoms with Crippen LogP contribution in [0.5, 0.6) is 5.75 Å². The van der Waals surface area contributed by atoms with E-state index in [1.165, 1.54) is 0 Å². The first-order chi connectivity index (χ1) is 9.26. The van der Waals surface area contributed by atoms with Gasteiger partial charge in [0, 0.05) is 32.2 Å². The van der Waals surface area contributed by atoms with Crippen LogP contribution in [0.15, 0.2) is 18.2 Å². The lowest BCUT2D eigenvalue weighted by Gasteiger charge is -2.34. The molecule has 1 saturated heterocycles. The maximum absolute atomic E-state index is 13.9. The molecule has 0 radical (unpaired) electrons. The van der Waals surface area contributed by atoms with Crippen LogP contribution < -0.4 is 10.1 Å². The lowest BCUT2D eigenvalue weighted by atomic mass is 10.0. The molecule has 2 rings (SSSR count). The second kappa shape index (κ2) is 6.87. The zero-order chi connectivity index (χ0) is 13.7. The van der Waals surface area contributed by atoms with Crippen LogP contribution in [-0.2, 0) is 0 Å². The number of ether oxygens (including phenoxy) is 1. The monoisotopic (exact) mass is 266 g/mol. The van der Waals surface area contributed by atoms with Crippen molar-refractivity contribution in [2.75, 3.05) is 32.8 Å². The lowest BCUT2D eigenvalue weighted by molar-refractivity contribution is 0.169. The predicted octanol–water partition coefficient (Wildman–Crippen LogP) is 2.58. The summed E-state index contributed by atoms with van der Waals surface area (Å²) in [5.74, 6) is 0.0920. The Morgan fingerprint density at radius 2 is 2.05 bits per heavy atom. The minimum Gasteiger partial charge on any atom is -0.491 e. The third-order valence-electron chi connectivity index (χ3n) is 3.62. The van der Waals surface area contributed by atoms with E-state index < -0.39 is 0 Å². The Morgan fingerprint density at radius 1 is 1.32 bits per heavy atom. The fourth-order valence-corrected chi connectivity index (χ4v) is 2.70. The highest BCUT2D eigenvalue weighted by atomic mass is 19.1. The van der Waals surface area contributed by atoms with Crippen LogP contribution in [0, 0.1) is 5.82 Å². The Labute approximate surface area is 114 Å². The zero-order valence-electron chi connectivity index (χ0n) is 11.8. The molecule has 1 heterocycles. The largest absolute Gasteiger partial charge is 0.491 e. The lowest BCUT2D eigenvalue weighted by Crippen LogP contribution is -2.45. The van der Waals surface area contributed by atoms with Crippen molar-refractivity contribution in [1.29, 1.82) is 0 Å². The molecule has 106 valence electrons. The normalized spacial score (nSPS) is 18.3. The Kier molecular flexibility index (Phi) is 5.16. The number of piperazine rings is 1. The Balaban J connectivity index is 2.15. The molecule has 1 unspecified atom stereocenters. The van der Waals surface area contributed by atoms with Gasteiger partial charge in [0.05, 0.1) is 6.61 Å². The van der Waals surface area contributed by atoms with Crippen LogP contribution in [0.4, 0.5) is 4.39 Å². The molecule has 0 aromatic heterocycles. The standard InChI is InChI=1S/C15H23FN2O/c1-3-14(18-9-7-17-8-10-18)12-5-6-15(19-4-2)13(16)11-12/h5-6,11,14,17H,3-4,7-10H2,1-2H3. The van der Waals surface area contributed by atoms with Crippen molar-refractivity contribution in [3.05, 3.63) is 29.6 Å². The summed E-state index contributed by atoms with van der Waals surface area (Å²) in [6, 6.07) is 5.66. The minimum atomic E-state index is -0.257. The smallest absolute Gasteiger partial charge is 0.165 e. The van der Waals surface area contributed by atoms with Crippen molar-refractivity contribution in [3.8, 4) is 5.75 Å². The van der Waals surface area contributed by atoms with E-state index in [2.05, 4.69) is 17.1 Å². The van der Waals surface area contributed by atoms with Gasteiger partial charge in [0.15, 0.2) is 11.6 Å². The van der Waals surface area contributed by atoms with Gasteiger partial charge >= 0.3 is 0 Å². The van der Waals surface area contributed by atoms with Gasteiger partial charge in [0.25, 0.3) is 0 Å². The number of benzene rings is 1. The van der Waals surface area contributed by atoms with E-state index in [4.69, 9.17) is 4.74 Å². The summed E-state index contributed by atoms with van der Waals surface area (Å²) in [6.45, 7) is 8.57. The number of nitrogens with zero attached hydrogens (tertiary/aromatic N) is 1. The average molecular weight is 266 g/mol. The second-order valence-corrected chi connectivity index (χ2v) is 4.83. The highest BCUT2D eigenvalue weighted by molar-refractivity contribution is 5.31. The van der Waals surface area contributed by atoms with Crippen molar-refractivity contribution >= 4 is 0 Å². The molecule has 1 aromatic rings. The Hall–Kier alpha value is -1.13. The number of hydrogen-bond donors (Lipinski definition) is 1. The summed E-state index contributed by atoms with van der Waals surface area (Å²) in [5, 5.41) is 3.35. The number of halogens is 1. The van der Waals surface area contributed by atoms with E-state index in [0.29, 0.717) is 18.4 Å². The number of hydrogen-bond acceptors (Lipinski definition) is 3. The van der Waals surface area contributed by atoms with E-state index in [-0.39, 0.29) is 5.82 Å². The van der Waals surface area contributed by atoms with Crippen molar-refractivity contribution in [2.24, 2.45) is 0 Å². The summed E-state index contributed by atoms with van der Waals surface area (Å²) < 4.78 is 19.2. The summed E-state index contributed by atoms with van der Waals surface area (Å²) in [6.07, 6.45) is 0.993. The Morgan fingerprint density at radius 3 is 2.63 bits per heavy atom. The Bertz CT molecular complexity index is 405. The zero-order valence-corrected chi connectivity index (χ0v) is 11.8.